The zero-order chi connectivity index (χ0) is 58.0. The predicted molar refractivity (Wildman–Crippen MR) is 344 cm³/mol. The second-order valence-electron chi connectivity index (χ2n) is 23.7. The Labute approximate surface area is 496 Å². The normalized spacial score (nSPS) is 13.1. The van der Waals surface area contributed by atoms with Crippen molar-refractivity contribution in [2.45, 2.75) is 373 Å². The molecule has 0 heterocycles. The van der Waals surface area contributed by atoms with Crippen LogP contribution in [-0.4, -0.2) is 49.3 Å². The Kier molecular flexibility index (Phi) is 64.9. The summed E-state index contributed by atoms with van der Waals surface area (Å²) in [6.45, 7) is 3.77. The lowest BCUT2D eigenvalue weighted by molar-refractivity contribution is -0.161. The number of esters is 2. The summed E-state index contributed by atoms with van der Waals surface area (Å²) in [5.41, 5.74) is 5.39. The number of phosphoric acid groups is 1. The maximum absolute atomic E-state index is 12.7. The van der Waals surface area contributed by atoms with Crippen LogP contribution < -0.4 is 5.73 Å². The van der Waals surface area contributed by atoms with Crippen LogP contribution in [0.25, 0.3) is 0 Å². The third-order valence-electron chi connectivity index (χ3n) is 15.7. The second kappa shape index (κ2) is 66.4. The van der Waals surface area contributed by atoms with E-state index < -0.39 is 26.5 Å². The molecule has 0 radical (unpaired) electrons. The Balaban J connectivity index is 3.71. The number of hydrogen-bond acceptors (Lipinski definition) is 8. The summed E-state index contributed by atoms with van der Waals surface area (Å²) in [4.78, 5) is 35.2. The lowest BCUT2D eigenvalue weighted by Crippen LogP contribution is -2.29. The topological polar surface area (TPSA) is 134 Å². The van der Waals surface area contributed by atoms with Gasteiger partial charge in [0.15, 0.2) is 6.10 Å². The molecule has 0 aromatic carbocycles. The highest BCUT2D eigenvalue weighted by atomic mass is 31.2. The van der Waals surface area contributed by atoms with Gasteiger partial charge in [-0.15, -0.1) is 0 Å². The third kappa shape index (κ3) is 65.4. The van der Waals surface area contributed by atoms with E-state index >= 15 is 0 Å². The van der Waals surface area contributed by atoms with Gasteiger partial charge in [0.1, 0.15) is 6.61 Å². The van der Waals surface area contributed by atoms with Gasteiger partial charge < -0.3 is 20.1 Å². The monoisotopic (exact) mass is 1150 g/mol. The van der Waals surface area contributed by atoms with Crippen LogP contribution in [0.1, 0.15) is 367 Å². The zero-order valence-electron chi connectivity index (χ0n) is 53.1. The van der Waals surface area contributed by atoms with E-state index in [0.29, 0.717) is 6.42 Å². The summed E-state index contributed by atoms with van der Waals surface area (Å²) < 4.78 is 33.1. The molecule has 0 rings (SSSR count). The molecule has 0 aliphatic carbocycles. The average Bonchev–Trinajstić information content (AvgIpc) is 3.45. The fraction of sp³-hybridized carbons (Fsp3) is 0.886. The van der Waals surface area contributed by atoms with Crippen molar-refractivity contribution < 1.29 is 37.6 Å². The van der Waals surface area contributed by atoms with E-state index in [2.05, 4.69) is 50.3 Å². The molecule has 472 valence electrons. The van der Waals surface area contributed by atoms with Crippen molar-refractivity contribution in [1.29, 1.82) is 0 Å². The molecule has 3 N–H and O–H groups in total. The van der Waals surface area contributed by atoms with Crippen molar-refractivity contribution in [3.63, 3.8) is 0 Å². The molecule has 0 aromatic heterocycles. The van der Waals surface area contributed by atoms with E-state index in [4.69, 9.17) is 24.3 Å². The Morgan fingerprint density at radius 2 is 0.650 bits per heavy atom. The number of carbonyl (C=O) groups excluding carboxylic acids is 2. The van der Waals surface area contributed by atoms with Crippen LogP contribution >= 0.6 is 7.82 Å². The largest absolute Gasteiger partial charge is 0.472 e. The Morgan fingerprint density at radius 3 is 0.975 bits per heavy atom. The SMILES string of the molecule is CCCCCC/C=C\C/C=C\CCCCCCCCCC(=O)OC(COC(=O)CCCCCCCCCCCCCCCCCCCCCCCCCCCCCCC/C=C\CCCCCCCCCC)COP(=O)(O)OCCN. The number of unbranched alkanes of at least 4 members (excludes halogenated alkanes) is 48. The number of ether oxygens (including phenoxy) is 2. The van der Waals surface area contributed by atoms with Gasteiger partial charge in [0.25, 0.3) is 0 Å². The van der Waals surface area contributed by atoms with E-state index in [1.54, 1.807) is 0 Å². The van der Waals surface area contributed by atoms with E-state index in [1.165, 1.54) is 283 Å². The molecule has 0 aromatic rings. The molecule has 9 nitrogen and oxygen atoms in total. The summed E-state index contributed by atoms with van der Waals surface area (Å²) >= 11 is 0. The summed E-state index contributed by atoms with van der Waals surface area (Å²) in [7, 11) is -4.39. The van der Waals surface area contributed by atoms with Crippen LogP contribution in [-0.2, 0) is 32.7 Å². The molecular weight excluding hydrogens is 1010 g/mol. The van der Waals surface area contributed by atoms with Crippen molar-refractivity contribution in [3.8, 4) is 0 Å². The highest BCUT2D eigenvalue weighted by molar-refractivity contribution is 7.47. The fourth-order valence-corrected chi connectivity index (χ4v) is 11.3. The molecule has 0 spiro atoms. The van der Waals surface area contributed by atoms with E-state index in [9.17, 15) is 19.0 Å². The minimum atomic E-state index is -4.39. The number of nitrogens with two attached hydrogens (primary N) is 1. The number of hydrogen-bond donors (Lipinski definition) is 2. The first kappa shape index (κ1) is 78.2. The highest BCUT2D eigenvalue weighted by Crippen LogP contribution is 2.43. The number of carbonyl (C=O) groups is 2. The number of phosphoric ester groups is 1. The van der Waals surface area contributed by atoms with E-state index in [0.717, 1.165) is 51.4 Å². The first-order valence-corrected chi connectivity index (χ1v) is 36.5. The van der Waals surface area contributed by atoms with Crippen molar-refractivity contribution >= 4 is 19.8 Å². The standard InChI is InChI=1S/C70H134NO8P/c1-3-5-7-9-11-13-15-17-19-21-23-24-25-26-27-28-29-30-31-32-33-34-35-36-37-38-39-40-41-42-43-44-45-47-48-50-52-54-56-58-60-62-69(72)76-66-68(67-78-80(74,75)77-65-64-71)79-70(73)63-61-59-57-55-53-51-49-46-22-20-18-16-14-12-10-8-6-4-2/h14,16,20-23,68H,3-13,15,17-19,24-67,71H2,1-2H3,(H,74,75)/b16-14-,22-20-,23-21-. The van der Waals surface area contributed by atoms with Crippen LogP contribution in [0.4, 0.5) is 0 Å². The third-order valence-corrected chi connectivity index (χ3v) is 16.7. The molecule has 0 amide bonds. The molecule has 2 unspecified atom stereocenters. The molecule has 0 fully saturated rings. The first-order chi connectivity index (χ1) is 39.3. The van der Waals surface area contributed by atoms with Crippen molar-refractivity contribution in [2.75, 3.05) is 26.4 Å². The quantitative estimate of drug-likeness (QED) is 0.0264. The summed E-state index contributed by atoms with van der Waals surface area (Å²) in [5.74, 6) is -0.819. The fourth-order valence-electron chi connectivity index (χ4n) is 10.5. The van der Waals surface area contributed by atoms with Crippen LogP contribution in [0.15, 0.2) is 36.5 Å². The van der Waals surface area contributed by atoms with Gasteiger partial charge in [0.2, 0.25) is 0 Å². The van der Waals surface area contributed by atoms with Gasteiger partial charge in [0, 0.05) is 19.4 Å². The van der Waals surface area contributed by atoms with Gasteiger partial charge in [-0.3, -0.25) is 18.6 Å². The van der Waals surface area contributed by atoms with Crippen molar-refractivity contribution in [2.24, 2.45) is 5.73 Å². The molecule has 0 aliphatic rings. The van der Waals surface area contributed by atoms with Gasteiger partial charge in [-0.25, -0.2) is 4.57 Å². The van der Waals surface area contributed by atoms with Crippen LogP contribution in [0.5, 0.6) is 0 Å². The Hall–Kier alpha value is -1.77. The van der Waals surface area contributed by atoms with Gasteiger partial charge in [-0.05, 0) is 70.6 Å². The number of rotatable bonds is 67. The van der Waals surface area contributed by atoms with E-state index in [-0.39, 0.29) is 38.6 Å². The van der Waals surface area contributed by atoms with Crippen LogP contribution in [0.2, 0.25) is 0 Å². The minimum absolute atomic E-state index is 0.0535. The predicted octanol–water partition coefficient (Wildman–Crippen LogP) is 22.7. The molecule has 0 saturated carbocycles. The van der Waals surface area contributed by atoms with Crippen molar-refractivity contribution in [3.05, 3.63) is 36.5 Å². The molecule has 10 heteroatoms. The Bertz CT molecular complexity index is 1400. The van der Waals surface area contributed by atoms with Gasteiger partial charge in [-0.2, -0.15) is 0 Å². The molecule has 0 bridgehead atoms. The second-order valence-corrected chi connectivity index (χ2v) is 25.2. The number of allylic oxidation sites excluding steroid dienone is 6. The summed E-state index contributed by atoms with van der Waals surface area (Å²) in [6, 6.07) is 0. The molecule has 2 atom stereocenters. The maximum Gasteiger partial charge on any atom is 0.472 e. The van der Waals surface area contributed by atoms with Crippen LogP contribution in [0.3, 0.4) is 0 Å². The molecular formula is C70H134NO8P. The van der Waals surface area contributed by atoms with E-state index in [1.807, 2.05) is 0 Å². The molecule has 0 saturated heterocycles. The lowest BCUT2D eigenvalue weighted by atomic mass is 10.0. The minimum Gasteiger partial charge on any atom is -0.462 e. The van der Waals surface area contributed by atoms with Crippen molar-refractivity contribution in [1.82, 2.24) is 0 Å². The highest BCUT2D eigenvalue weighted by Gasteiger charge is 2.26. The maximum atomic E-state index is 12.7. The lowest BCUT2D eigenvalue weighted by Gasteiger charge is -2.19. The molecule has 80 heavy (non-hydrogen) atoms. The zero-order valence-corrected chi connectivity index (χ0v) is 54.0. The van der Waals surface area contributed by atoms with Gasteiger partial charge >= 0.3 is 19.8 Å². The van der Waals surface area contributed by atoms with Gasteiger partial charge in [0.05, 0.1) is 13.2 Å². The van der Waals surface area contributed by atoms with Gasteiger partial charge in [-0.1, -0.05) is 320 Å². The Morgan fingerprint density at radius 1 is 0.375 bits per heavy atom. The smallest absolute Gasteiger partial charge is 0.462 e. The first-order valence-electron chi connectivity index (χ1n) is 35.0. The average molecular weight is 1150 g/mol. The summed E-state index contributed by atoms with van der Waals surface area (Å²) in [6.07, 6.45) is 82.7. The van der Waals surface area contributed by atoms with Crippen LogP contribution in [0, 0.1) is 0 Å². The molecule has 0 aliphatic heterocycles. The summed E-state index contributed by atoms with van der Waals surface area (Å²) in [5, 5.41) is 0.